The highest BCUT2D eigenvalue weighted by Gasteiger charge is 2.40. The van der Waals surface area contributed by atoms with Gasteiger partial charge in [0.15, 0.2) is 23.0 Å². The van der Waals surface area contributed by atoms with E-state index >= 15 is 0 Å². The molecule has 2 aromatic carbocycles. The van der Waals surface area contributed by atoms with Crippen LogP contribution in [0.4, 0.5) is 0 Å². The van der Waals surface area contributed by atoms with E-state index in [2.05, 4.69) is 0 Å². The van der Waals surface area contributed by atoms with Crippen LogP contribution in [0.25, 0.3) is 11.6 Å². The number of carbonyl (C=O) groups excluding carboxylic acids is 1. The van der Waals surface area contributed by atoms with Gasteiger partial charge in [0, 0.05) is 17.5 Å². The van der Waals surface area contributed by atoms with Crippen molar-refractivity contribution in [3.8, 4) is 23.0 Å². The fourth-order valence-corrected chi connectivity index (χ4v) is 4.83. The van der Waals surface area contributed by atoms with E-state index in [-0.39, 0.29) is 18.7 Å². The first kappa shape index (κ1) is 18.8. The Hall–Kier alpha value is -3.19. The van der Waals surface area contributed by atoms with Gasteiger partial charge in [-0.3, -0.25) is 4.79 Å². The molecule has 5 rings (SSSR count). The van der Waals surface area contributed by atoms with Crippen molar-refractivity contribution in [2.24, 2.45) is 5.73 Å². The Kier molecular flexibility index (Phi) is 4.36. The Balaban J connectivity index is 1.86. The predicted octanol–water partition coefficient (Wildman–Crippen LogP) is 1.10. The molecule has 2 heterocycles. The summed E-state index contributed by atoms with van der Waals surface area (Å²) >= 11 is 0. The Morgan fingerprint density at radius 2 is 1.97 bits per heavy atom. The lowest BCUT2D eigenvalue weighted by atomic mass is 9.92. The van der Waals surface area contributed by atoms with Gasteiger partial charge in [-0.25, -0.2) is 0 Å². The number of nitrogens with two attached hydrogens (primary N) is 1. The van der Waals surface area contributed by atoms with Crippen LogP contribution in [-0.4, -0.2) is 45.4 Å². The molecule has 1 unspecified atom stereocenters. The third-order valence-corrected chi connectivity index (χ3v) is 6.12. The summed E-state index contributed by atoms with van der Waals surface area (Å²) in [4.78, 5) is 15.2. The van der Waals surface area contributed by atoms with Crippen molar-refractivity contribution in [1.82, 2.24) is 4.90 Å². The molecular formula is C23H24N2O5. The number of benzene rings is 2. The number of hydrogen-bond acceptors (Lipinski definition) is 6. The summed E-state index contributed by atoms with van der Waals surface area (Å²) in [6, 6.07) is 5.67. The highest BCUT2D eigenvalue weighted by atomic mass is 16.7. The number of rotatable bonds is 4. The summed E-state index contributed by atoms with van der Waals surface area (Å²) < 4.78 is 22.4. The van der Waals surface area contributed by atoms with Gasteiger partial charge >= 0.3 is 0 Å². The molecule has 0 fully saturated rings. The first-order valence-electron chi connectivity index (χ1n) is 9.97. The fourth-order valence-electron chi connectivity index (χ4n) is 4.83. The van der Waals surface area contributed by atoms with Gasteiger partial charge in [0.2, 0.25) is 6.79 Å². The van der Waals surface area contributed by atoms with Gasteiger partial charge in [0.25, 0.3) is 5.91 Å². The van der Waals surface area contributed by atoms with Gasteiger partial charge in [-0.1, -0.05) is 6.08 Å². The van der Waals surface area contributed by atoms with Crippen LogP contribution in [0.1, 0.15) is 33.9 Å². The lowest BCUT2D eigenvalue weighted by Gasteiger charge is -2.32. The van der Waals surface area contributed by atoms with E-state index in [1.54, 1.807) is 25.2 Å². The second-order valence-corrected chi connectivity index (χ2v) is 7.65. The zero-order chi connectivity index (χ0) is 21.0. The fraction of sp³-hybridized carbons (Fsp3) is 0.348. The van der Waals surface area contributed by atoms with Crippen molar-refractivity contribution in [3.63, 3.8) is 0 Å². The summed E-state index contributed by atoms with van der Waals surface area (Å²) in [5, 5.41) is 1.79. The molecule has 2 aliphatic heterocycles. The maximum absolute atomic E-state index is 13.4. The number of hydrogen-bond donors (Lipinski definition) is 1. The van der Waals surface area contributed by atoms with E-state index in [9.17, 15) is 4.79 Å². The summed E-state index contributed by atoms with van der Waals surface area (Å²) in [5.41, 5.74) is 9.79. The number of carbonyl (C=O) groups is 1. The van der Waals surface area contributed by atoms with E-state index < -0.39 is 0 Å². The zero-order valence-corrected chi connectivity index (χ0v) is 17.3. The molecule has 7 nitrogen and oxygen atoms in total. The highest BCUT2D eigenvalue weighted by molar-refractivity contribution is 6.00. The van der Waals surface area contributed by atoms with Crippen molar-refractivity contribution in [1.29, 1.82) is 0 Å². The quantitative estimate of drug-likeness (QED) is 0.816. The van der Waals surface area contributed by atoms with Crippen molar-refractivity contribution in [3.05, 3.63) is 45.3 Å². The van der Waals surface area contributed by atoms with Crippen molar-refractivity contribution >= 4 is 17.6 Å². The number of amides is 1. The average molecular weight is 408 g/mol. The molecule has 1 aliphatic carbocycles. The largest absolute Gasteiger partial charge is 0.493 e. The summed E-state index contributed by atoms with van der Waals surface area (Å²) in [6.07, 6.45) is 3.43. The van der Waals surface area contributed by atoms with E-state index in [0.717, 1.165) is 45.1 Å². The highest BCUT2D eigenvalue weighted by Crippen LogP contribution is 2.47. The Bertz CT molecular complexity index is 1190. The average Bonchev–Trinajstić information content (AvgIpc) is 3.36. The maximum Gasteiger partial charge on any atom is 0.255 e. The summed E-state index contributed by atoms with van der Waals surface area (Å²) in [5.74, 6) is 2.59. The molecule has 0 aromatic heterocycles. The van der Waals surface area contributed by atoms with Crippen LogP contribution in [0, 0.1) is 0 Å². The summed E-state index contributed by atoms with van der Waals surface area (Å²) in [6.45, 7) is 0.732. The first-order chi connectivity index (χ1) is 14.6. The Morgan fingerprint density at radius 3 is 2.67 bits per heavy atom. The molecule has 1 amide bonds. The zero-order valence-electron chi connectivity index (χ0n) is 17.3. The first-order valence-corrected chi connectivity index (χ1v) is 9.97. The summed E-state index contributed by atoms with van der Waals surface area (Å²) in [7, 11) is 5.04. The van der Waals surface area contributed by atoms with Gasteiger partial charge in [-0.05, 0) is 54.3 Å². The smallest absolute Gasteiger partial charge is 0.255 e. The third kappa shape index (κ3) is 2.51. The van der Waals surface area contributed by atoms with Crippen molar-refractivity contribution in [2.45, 2.75) is 18.9 Å². The van der Waals surface area contributed by atoms with Crippen LogP contribution in [-0.2, 0) is 6.42 Å². The number of fused-ring (bicyclic) bond motifs is 5. The van der Waals surface area contributed by atoms with E-state index in [4.69, 9.17) is 24.7 Å². The van der Waals surface area contributed by atoms with Crippen LogP contribution in [0.3, 0.4) is 0 Å². The molecule has 7 heteroatoms. The number of nitrogens with zero attached hydrogens (tertiary/aromatic N) is 1. The number of ether oxygens (including phenoxy) is 4. The van der Waals surface area contributed by atoms with Crippen molar-refractivity contribution in [2.75, 3.05) is 34.6 Å². The minimum absolute atomic E-state index is 0.0485. The number of methoxy groups -OCH3 is 2. The Morgan fingerprint density at radius 1 is 1.20 bits per heavy atom. The van der Waals surface area contributed by atoms with Crippen LogP contribution >= 0.6 is 0 Å². The molecule has 30 heavy (non-hydrogen) atoms. The van der Waals surface area contributed by atoms with Gasteiger partial charge in [0.1, 0.15) is 0 Å². The van der Waals surface area contributed by atoms with Crippen molar-refractivity contribution < 1.29 is 23.7 Å². The molecule has 0 bridgehead atoms. The normalized spacial score (nSPS) is 19.0. The lowest BCUT2D eigenvalue weighted by molar-refractivity contribution is 0.0755. The van der Waals surface area contributed by atoms with Crippen LogP contribution in [0.15, 0.2) is 18.2 Å². The van der Waals surface area contributed by atoms with Crippen LogP contribution in [0.5, 0.6) is 23.0 Å². The molecule has 0 saturated heterocycles. The second kappa shape index (κ2) is 6.95. The predicted molar refractivity (Wildman–Crippen MR) is 111 cm³/mol. The van der Waals surface area contributed by atoms with Crippen LogP contribution < -0.4 is 35.1 Å². The van der Waals surface area contributed by atoms with E-state index in [1.165, 1.54) is 0 Å². The monoisotopic (exact) mass is 408 g/mol. The SMILES string of the molecule is COc1cc2c(c(=CCCN)c1OC)=C1Cc3cc4c(cc3C1N(C)C2=O)OCO4. The van der Waals surface area contributed by atoms with Gasteiger partial charge in [-0.2, -0.15) is 0 Å². The topological polar surface area (TPSA) is 83.3 Å². The van der Waals surface area contributed by atoms with E-state index in [0.29, 0.717) is 30.0 Å². The molecule has 1 atom stereocenters. The lowest BCUT2D eigenvalue weighted by Crippen LogP contribution is -2.46. The van der Waals surface area contributed by atoms with Gasteiger partial charge < -0.3 is 29.6 Å². The molecule has 0 saturated carbocycles. The molecule has 2 N–H and O–H groups in total. The minimum atomic E-state index is -0.155. The van der Waals surface area contributed by atoms with Crippen LogP contribution in [0.2, 0.25) is 0 Å². The standard InChI is InChI=1S/C23H24N2O5/c1-25-21-14-9-18-17(29-11-30-18)8-12(14)7-15(21)20-13(5-4-6-24)22(28-3)19(27-2)10-16(20)23(25)26/h5,8-10,21H,4,6-7,11,24H2,1-3H3. The maximum atomic E-state index is 13.4. The third-order valence-electron chi connectivity index (χ3n) is 6.12. The molecule has 2 aromatic rings. The van der Waals surface area contributed by atoms with Gasteiger partial charge in [0.05, 0.1) is 25.8 Å². The second-order valence-electron chi connectivity index (χ2n) is 7.65. The molecule has 156 valence electrons. The molecule has 0 radical (unpaired) electrons. The molecule has 0 spiro atoms. The minimum Gasteiger partial charge on any atom is -0.493 e. The Labute approximate surface area is 174 Å². The molecule has 3 aliphatic rings. The molecular weight excluding hydrogens is 384 g/mol. The van der Waals surface area contributed by atoms with Gasteiger partial charge in [-0.15, -0.1) is 0 Å². The van der Waals surface area contributed by atoms with E-state index in [1.807, 2.05) is 25.3 Å².